The zero-order valence-electron chi connectivity index (χ0n) is 19.4. The summed E-state index contributed by atoms with van der Waals surface area (Å²) in [6.07, 6.45) is 1.90. The van der Waals surface area contributed by atoms with Crippen LogP contribution in [0, 0.1) is 11.6 Å². The molecule has 0 spiro atoms. The molecule has 2 aromatic heterocycles. The van der Waals surface area contributed by atoms with Gasteiger partial charge in [0.2, 0.25) is 0 Å². The van der Waals surface area contributed by atoms with E-state index in [1.807, 2.05) is 36.5 Å². The minimum atomic E-state index is -0.696. The fourth-order valence-electron chi connectivity index (χ4n) is 4.23. The Labute approximate surface area is 202 Å². The maximum absolute atomic E-state index is 13.6. The van der Waals surface area contributed by atoms with E-state index >= 15 is 0 Å². The van der Waals surface area contributed by atoms with Crippen LogP contribution in [0.5, 0.6) is 0 Å². The van der Waals surface area contributed by atoms with Gasteiger partial charge in [0, 0.05) is 49.4 Å². The summed E-state index contributed by atoms with van der Waals surface area (Å²) in [5, 5.41) is 4.34. The van der Waals surface area contributed by atoms with Crippen LogP contribution in [0.15, 0.2) is 77.7 Å². The van der Waals surface area contributed by atoms with Crippen LogP contribution in [-0.4, -0.2) is 52.9 Å². The molecule has 8 heteroatoms. The molecule has 2 aromatic carbocycles. The van der Waals surface area contributed by atoms with Gasteiger partial charge < -0.3 is 9.80 Å². The van der Waals surface area contributed by atoms with Crippen molar-refractivity contribution < 1.29 is 8.78 Å². The predicted octanol–water partition coefficient (Wildman–Crippen LogP) is 4.05. The molecule has 178 valence electrons. The lowest BCUT2D eigenvalue weighted by molar-refractivity contribution is 0.313. The molecule has 0 unspecified atom stereocenters. The molecule has 1 aliphatic heterocycles. The Hall–Kier alpha value is -3.91. The fourth-order valence-corrected chi connectivity index (χ4v) is 4.23. The lowest BCUT2D eigenvalue weighted by Gasteiger charge is -2.33. The van der Waals surface area contributed by atoms with Crippen molar-refractivity contribution in [3.8, 4) is 22.5 Å². The molecule has 3 heterocycles. The fraction of sp³-hybridized carbons (Fsp3) is 0.222. The van der Waals surface area contributed by atoms with Crippen molar-refractivity contribution in [1.82, 2.24) is 19.7 Å². The quantitative estimate of drug-likeness (QED) is 0.438. The van der Waals surface area contributed by atoms with Gasteiger partial charge in [-0.25, -0.2) is 13.5 Å². The zero-order chi connectivity index (χ0) is 24.4. The molecule has 0 saturated carbocycles. The van der Waals surface area contributed by atoms with Crippen LogP contribution in [0.4, 0.5) is 14.5 Å². The maximum Gasteiger partial charge on any atom is 0.267 e. The summed E-state index contributed by atoms with van der Waals surface area (Å²) in [5.74, 6) is -1.39. The first-order valence-electron chi connectivity index (χ1n) is 11.5. The van der Waals surface area contributed by atoms with Gasteiger partial charge in [0.1, 0.15) is 11.6 Å². The molecule has 1 fully saturated rings. The highest BCUT2D eigenvalue weighted by Gasteiger charge is 2.15. The van der Waals surface area contributed by atoms with E-state index in [4.69, 9.17) is 0 Å². The van der Waals surface area contributed by atoms with Crippen molar-refractivity contribution >= 4 is 5.69 Å². The number of hydrogen-bond donors (Lipinski definition) is 0. The Bertz CT molecular complexity index is 1380. The third-order valence-electron chi connectivity index (χ3n) is 6.20. The average molecular weight is 474 g/mol. The summed E-state index contributed by atoms with van der Waals surface area (Å²) >= 11 is 0. The number of aromatic nitrogens is 3. The summed E-state index contributed by atoms with van der Waals surface area (Å²) in [7, 11) is 2.13. The van der Waals surface area contributed by atoms with Crippen molar-refractivity contribution in [2.45, 2.75) is 6.54 Å². The van der Waals surface area contributed by atoms with Gasteiger partial charge in [-0.05, 0) is 49.0 Å². The lowest BCUT2D eigenvalue weighted by Crippen LogP contribution is -2.44. The largest absolute Gasteiger partial charge is 0.368 e. The van der Waals surface area contributed by atoms with Crippen molar-refractivity contribution in [3.63, 3.8) is 0 Å². The molecule has 0 bridgehead atoms. The Morgan fingerprint density at radius 2 is 1.57 bits per heavy atom. The number of likely N-dealkylation sites (N-methyl/N-ethyl adjacent to an activating group) is 1. The molecule has 5 rings (SSSR count). The van der Waals surface area contributed by atoms with Crippen LogP contribution < -0.4 is 10.5 Å². The Balaban J connectivity index is 1.36. The molecule has 4 aromatic rings. The molecule has 0 amide bonds. The number of piperazine rings is 1. The number of hydrogen-bond acceptors (Lipinski definition) is 5. The predicted molar refractivity (Wildman–Crippen MR) is 132 cm³/mol. The topological polar surface area (TPSA) is 54.3 Å². The summed E-state index contributed by atoms with van der Waals surface area (Å²) in [6, 6.07) is 17.9. The monoisotopic (exact) mass is 473 g/mol. The van der Waals surface area contributed by atoms with Crippen LogP contribution in [0.1, 0.15) is 5.56 Å². The highest BCUT2D eigenvalue weighted by Crippen LogP contribution is 2.23. The van der Waals surface area contributed by atoms with Crippen molar-refractivity contribution in [3.05, 3.63) is 100 Å². The zero-order valence-corrected chi connectivity index (χ0v) is 19.4. The van der Waals surface area contributed by atoms with Gasteiger partial charge in [-0.1, -0.05) is 18.2 Å². The highest BCUT2D eigenvalue weighted by atomic mass is 19.1. The second-order valence-electron chi connectivity index (χ2n) is 8.76. The van der Waals surface area contributed by atoms with Crippen LogP contribution >= 0.6 is 0 Å². The number of pyridine rings is 1. The van der Waals surface area contributed by atoms with Crippen LogP contribution in [0.3, 0.4) is 0 Å². The molecule has 35 heavy (non-hydrogen) atoms. The first-order valence-corrected chi connectivity index (χ1v) is 11.5. The number of rotatable bonds is 5. The third kappa shape index (κ3) is 5.27. The molecular weight excluding hydrogens is 448 g/mol. The van der Waals surface area contributed by atoms with Crippen molar-refractivity contribution in [1.29, 1.82) is 0 Å². The first-order chi connectivity index (χ1) is 16.9. The summed E-state index contributed by atoms with van der Waals surface area (Å²) in [5.41, 5.74) is 4.04. The second kappa shape index (κ2) is 9.76. The van der Waals surface area contributed by atoms with E-state index < -0.39 is 11.6 Å². The molecular formula is C27H25F2N5O. The van der Waals surface area contributed by atoms with E-state index in [1.165, 1.54) is 28.9 Å². The van der Waals surface area contributed by atoms with Gasteiger partial charge in [-0.2, -0.15) is 5.10 Å². The SMILES string of the molecule is CN1CCN(c2ccc(-c3cccc(Cn4nc(-c5cc(F)cc(F)c5)ccc4=O)c3)nc2)CC1. The van der Waals surface area contributed by atoms with Gasteiger partial charge in [0.15, 0.2) is 0 Å². The molecule has 1 aliphatic rings. The summed E-state index contributed by atoms with van der Waals surface area (Å²) in [6.45, 7) is 4.25. The third-order valence-corrected chi connectivity index (χ3v) is 6.20. The second-order valence-corrected chi connectivity index (χ2v) is 8.76. The number of benzene rings is 2. The number of halogens is 2. The molecule has 0 N–H and O–H groups in total. The highest BCUT2D eigenvalue weighted by molar-refractivity contribution is 5.62. The maximum atomic E-state index is 13.6. The first kappa shape index (κ1) is 22.9. The van der Waals surface area contributed by atoms with Crippen LogP contribution in [-0.2, 0) is 6.54 Å². The molecule has 0 aliphatic carbocycles. The van der Waals surface area contributed by atoms with Crippen molar-refractivity contribution in [2.75, 3.05) is 38.1 Å². The molecule has 6 nitrogen and oxygen atoms in total. The van der Waals surface area contributed by atoms with E-state index in [-0.39, 0.29) is 17.7 Å². The van der Waals surface area contributed by atoms with Gasteiger partial charge >= 0.3 is 0 Å². The average Bonchev–Trinajstić information content (AvgIpc) is 2.86. The van der Waals surface area contributed by atoms with E-state index in [9.17, 15) is 13.6 Å². The molecule has 0 radical (unpaired) electrons. The van der Waals surface area contributed by atoms with Gasteiger partial charge in [0.25, 0.3) is 5.56 Å². The van der Waals surface area contributed by atoms with E-state index in [2.05, 4.69) is 33.0 Å². The molecule has 0 atom stereocenters. The minimum absolute atomic E-state index is 0.220. The van der Waals surface area contributed by atoms with Crippen molar-refractivity contribution in [2.24, 2.45) is 0 Å². The number of anilines is 1. The standard InChI is InChI=1S/C27H25F2N5O/c1-32-9-11-33(12-10-32)24-5-6-25(30-17-24)20-4-2-3-19(13-20)18-34-27(35)8-7-26(31-34)21-14-22(28)16-23(29)15-21/h2-8,13-17H,9-12,18H2,1H3. The smallest absolute Gasteiger partial charge is 0.267 e. The van der Waals surface area contributed by atoms with Gasteiger partial charge in [-0.3, -0.25) is 9.78 Å². The molecule has 1 saturated heterocycles. The van der Waals surface area contributed by atoms with E-state index in [0.717, 1.165) is 54.8 Å². The normalized spacial score (nSPS) is 14.3. The van der Waals surface area contributed by atoms with Gasteiger partial charge in [0.05, 0.1) is 29.8 Å². The van der Waals surface area contributed by atoms with Gasteiger partial charge in [-0.15, -0.1) is 0 Å². The summed E-state index contributed by atoms with van der Waals surface area (Å²) in [4.78, 5) is 21.8. The van der Waals surface area contributed by atoms with E-state index in [0.29, 0.717) is 5.69 Å². The van der Waals surface area contributed by atoms with E-state index in [1.54, 1.807) is 0 Å². The van der Waals surface area contributed by atoms with Crippen LogP contribution in [0.25, 0.3) is 22.5 Å². The summed E-state index contributed by atoms with van der Waals surface area (Å²) < 4.78 is 28.6. The Kier molecular flexibility index (Phi) is 6.37. The minimum Gasteiger partial charge on any atom is -0.368 e. The Morgan fingerprint density at radius 3 is 2.29 bits per heavy atom. The number of nitrogens with zero attached hydrogens (tertiary/aromatic N) is 5. The van der Waals surface area contributed by atoms with Crippen LogP contribution in [0.2, 0.25) is 0 Å². The Morgan fingerprint density at radius 1 is 0.829 bits per heavy atom. The lowest BCUT2D eigenvalue weighted by atomic mass is 10.1.